The van der Waals surface area contributed by atoms with Crippen LogP contribution in [0.15, 0.2) is 54.7 Å². The van der Waals surface area contributed by atoms with Gasteiger partial charge < -0.3 is 19.5 Å². The van der Waals surface area contributed by atoms with E-state index in [1.807, 2.05) is 38.1 Å². The topological polar surface area (TPSA) is 49.7 Å². The Bertz CT molecular complexity index is 1090. The largest absolute Gasteiger partial charge is 0.494 e. The average Bonchev–Trinajstić information content (AvgIpc) is 3.25. The van der Waals surface area contributed by atoms with Crippen LogP contribution in [-0.2, 0) is 4.79 Å². The Morgan fingerprint density at radius 1 is 0.971 bits per heavy atom. The molecule has 1 saturated heterocycles. The minimum absolute atomic E-state index is 0.131. The molecule has 188 valence electrons. The molecular weight excluding hydrogens is 460 g/mol. The van der Waals surface area contributed by atoms with Crippen LogP contribution in [0, 0.1) is 0 Å². The number of nitrogens with zero attached hydrogens (tertiary/aromatic N) is 3. The van der Waals surface area contributed by atoms with Crippen LogP contribution in [-0.4, -0.2) is 72.2 Å². The van der Waals surface area contributed by atoms with Crippen LogP contribution in [0.1, 0.15) is 33.1 Å². The molecule has 1 N–H and O–H groups in total. The van der Waals surface area contributed by atoms with Gasteiger partial charge in [-0.3, -0.25) is 9.69 Å². The summed E-state index contributed by atoms with van der Waals surface area (Å²) in [6.07, 6.45) is 5.48. The molecule has 1 aliphatic heterocycles. The van der Waals surface area contributed by atoms with Crippen molar-refractivity contribution in [3.8, 4) is 11.4 Å². The molecule has 0 bridgehead atoms. The van der Waals surface area contributed by atoms with Crippen molar-refractivity contribution >= 4 is 28.4 Å². The zero-order chi connectivity index (χ0) is 24.6. The number of aromatic nitrogens is 1. The molecule has 2 aromatic carbocycles. The number of hydrogen-bond donors (Lipinski definition) is 1. The van der Waals surface area contributed by atoms with Crippen molar-refractivity contribution in [3.63, 3.8) is 0 Å². The lowest BCUT2D eigenvalue weighted by Crippen LogP contribution is -2.50. The molecule has 0 spiro atoms. The summed E-state index contributed by atoms with van der Waals surface area (Å²) in [7, 11) is 0. The van der Waals surface area contributed by atoms with Crippen LogP contribution in [0.5, 0.6) is 5.75 Å². The smallest absolute Gasteiger partial charge is 0.234 e. The summed E-state index contributed by atoms with van der Waals surface area (Å²) in [5, 5.41) is 4.88. The summed E-state index contributed by atoms with van der Waals surface area (Å²) in [6.45, 7) is 10.4. The van der Waals surface area contributed by atoms with Gasteiger partial charge in [-0.1, -0.05) is 11.6 Å². The van der Waals surface area contributed by atoms with E-state index >= 15 is 0 Å². The standard InChI is InChI=1S/C28H37ClN4O2/c1-22(2)30-28(34)21-32-17-15-31(16-18-32)13-4-3-5-19-35-26-10-11-27-23(20-26)12-14-33(27)25-8-6-24(29)7-9-25/h6-12,14,20,22H,3-5,13,15-19,21H2,1-2H3,(H,30,34). The van der Waals surface area contributed by atoms with Gasteiger partial charge in [-0.05, 0) is 88.2 Å². The Morgan fingerprint density at radius 2 is 1.71 bits per heavy atom. The molecule has 4 rings (SSSR count). The van der Waals surface area contributed by atoms with Crippen molar-refractivity contribution in [3.05, 3.63) is 59.8 Å². The van der Waals surface area contributed by atoms with Gasteiger partial charge in [0.15, 0.2) is 0 Å². The fraction of sp³-hybridized carbons (Fsp3) is 0.464. The van der Waals surface area contributed by atoms with Gasteiger partial charge in [-0.15, -0.1) is 0 Å². The second kappa shape index (κ2) is 12.4. The van der Waals surface area contributed by atoms with Crippen LogP contribution < -0.4 is 10.1 Å². The van der Waals surface area contributed by atoms with Crippen molar-refractivity contribution < 1.29 is 9.53 Å². The molecule has 6 nitrogen and oxygen atoms in total. The lowest BCUT2D eigenvalue weighted by Gasteiger charge is -2.34. The molecule has 1 fully saturated rings. The van der Waals surface area contributed by atoms with Gasteiger partial charge >= 0.3 is 0 Å². The van der Waals surface area contributed by atoms with Crippen molar-refractivity contribution in [2.24, 2.45) is 0 Å². The molecule has 0 radical (unpaired) electrons. The van der Waals surface area contributed by atoms with Crippen LogP contribution in [0.4, 0.5) is 0 Å². The van der Waals surface area contributed by atoms with Gasteiger partial charge in [-0.2, -0.15) is 0 Å². The maximum atomic E-state index is 11.9. The minimum Gasteiger partial charge on any atom is -0.494 e. The highest BCUT2D eigenvalue weighted by atomic mass is 35.5. The van der Waals surface area contributed by atoms with Crippen LogP contribution >= 0.6 is 11.6 Å². The number of fused-ring (bicyclic) bond motifs is 1. The number of piperazine rings is 1. The molecular formula is C28H37ClN4O2. The highest BCUT2D eigenvalue weighted by Gasteiger charge is 2.18. The third-order valence-corrected chi connectivity index (χ3v) is 6.69. The number of benzene rings is 2. The van der Waals surface area contributed by atoms with Crippen LogP contribution in [0.3, 0.4) is 0 Å². The summed E-state index contributed by atoms with van der Waals surface area (Å²) in [6, 6.07) is 16.5. The van der Waals surface area contributed by atoms with E-state index in [0.29, 0.717) is 6.54 Å². The predicted octanol–water partition coefficient (Wildman–Crippen LogP) is 4.98. The molecule has 0 unspecified atom stereocenters. The second-order valence-electron chi connectivity index (χ2n) is 9.63. The first-order valence-electron chi connectivity index (χ1n) is 12.7. The van der Waals surface area contributed by atoms with Gasteiger partial charge in [0.25, 0.3) is 0 Å². The van der Waals surface area contributed by atoms with E-state index in [1.54, 1.807) is 0 Å². The van der Waals surface area contributed by atoms with Crippen molar-refractivity contribution in [1.82, 2.24) is 19.7 Å². The van der Waals surface area contributed by atoms with E-state index in [1.165, 1.54) is 11.8 Å². The summed E-state index contributed by atoms with van der Waals surface area (Å²) in [5.74, 6) is 1.05. The third kappa shape index (κ3) is 7.47. The monoisotopic (exact) mass is 496 g/mol. The van der Waals surface area contributed by atoms with E-state index in [9.17, 15) is 4.79 Å². The lowest BCUT2D eigenvalue weighted by molar-refractivity contribution is -0.123. The molecule has 0 saturated carbocycles. The first kappa shape index (κ1) is 25.5. The Balaban J connectivity index is 1.12. The van der Waals surface area contributed by atoms with Gasteiger partial charge in [0.05, 0.1) is 18.7 Å². The molecule has 35 heavy (non-hydrogen) atoms. The van der Waals surface area contributed by atoms with E-state index in [4.69, 9.17) is 16.3 Å². The molecule has 1 aliphatic rings. The molecule has 1 amide bonds. The molecule has 7 heteroatoms. The maximum absolute atomic E-state index is 11.9. The normalized spacial score (nSPS) is 15.1. The van der Waals surface area contributed by atoms with E-state index in [-0.39, 0.29) is 11.9 Å². The van der Waals surface area contributed by atoms with Crippen molar-refractivity contribution in [2.45, 2.75) is 39.2 Å². The zero-order valence-corrected chi connectivity index (χ0v) is 21.6. The number of halogens is 1. The average molecular weight is 497 g/mol. The summed E-state index contributed by atoms with van der Waals surface area (Å²) < 4.78 is 8.19. The number of carbonyl (C=O) groups excluding carboxylic acids is 1. The van der Waals surface area contributed by atoms with Gasteiger partial charge in [-0.25, -0.2) is 0 Å². The Hall–Kier alpha value is -2.54. The quantitative estimate of drug-likeness (QED) is 0.380. The lowest BCUT2D eigenvalue weighted by atomic mass is 10.2. The summed E-state index contributed by atoms with van der Waals surface area (Å²) >= 11 is 6.02. The number of unbranched alkanes of at least 4 members (excludes halogenated alkanes) is 2. The van der Waals surface area contributed by atoms with Crippen molar-refractivity contribution in [1.29, 1.82) is 0 Å². The fourth-order valence-corrected chi connectivity index (χ4v) is 4.71. The van der Waals surface area contributed by atoms with Gasteiger partial charge in [0.1, 0.15) is 5.75 Å². The Kier molecular flexibility index (Phi) is 9.07. The molecule has 0 atom stereocenters. The van der Waals surface area contributed by atoms with Crippen molar-refractivity contribution in [2.75, 3.05) is 45.9 Å². The summed E-state index contributed by atoms with van der Waals surface area (Å²) in [4.78, 5) is 16.7. The predicted molar refractivity (Wildman–Crippen MR) is 144 cm³/mol. The van der Waals surface area contributed by atoms with E-state index < -0.39 is 0 Å². The third-order valence-electron chi connectivity index (χ3n) is 6.44. The van der Waals surface area contributed by atoms with E-state index in [0.717, 1.165) is 74.1 Å². The first-order chi connectivity index (χ1) is 17.0. The van der Waals surface area contributed by atoms with Crippen LogP contribution in [0.25, 0.3) is 16.6 Å². The number of hydrogen-bond acceptors (Lipinski definition) is 4. The number of carbonyl (C=O) groups is 1. The summed E-state index contributed by atoms with van der Waals surface area (Å²) in [5.41, 5.74) is 2.25. The zero-order valence-electron chi connectivity index (χ0n) is 20.9. The SMILES string of the molecule is CC(C)NC(=O)CN1CCN(CCCCCOc2ccc3c(ccn3-c3ccc(Cl)cc3)c2)CC1. The molecule has 0 aliphatic carbocycles. The molecule has 3 aromatic rings. The second-order valence-corrected chi connectivity index (χ2v) is 10.1. The number of ether oxygens (including phenoxy) is 1. The minimum atomic E-state index is 0.131. The fourth-order valence-electron chi connectivity index (χ4n) is 4.58. The Morgan fingerprint density at radius 3 is 2.46 bits per heavy atom. The van der Waals surface area contributed by atoms with Gasteiger partial charge in [0.2, 0.25) is 5.91 Å². The number of rotatable bonds is 11. The van der Waals surface area contributed by atoms with Crippen LogP contribution in [0.2, 0.25) is 5.02 Å². The number of amides is 1. The van der Waals surface area contributed by atoms with E-state index in [2.05, 4.69) is 50.1 Å². The number of nitrogens with one attached hydrogen (secondary N) is 1. The highest BCUT2D eigenvalue weighted by molar-refractivity contribution is 6.30. The molecule has 1 aromatic heterocycles. The first-order valence-corrected chi connectivity index (χ1v) is 13.1. The highest BCUT2D eigenvalue weighted by Crippen LogP contribution is 2.25. The molecule has 2 heterocycles. The Labute approximate surface area is 213 Å². The maximum Gasteiger partial charge on any atom is 0.234 e. The van der Waals surface area contributed by atoms with Gasteiger partial charge in [0, 0.05) is 54.5 Å².